The normalized spacial score (nSPS) is 12.4. The number of thiophene rings is 3. The van der Waals surface area contributed by atoms with Crippen molar-refractivity contribution in [1.82, 2.24) is 72.4 Å². The minimum Gasteiger partial charge on any atom is -0.496 e. The maximum absolute atomic E-state index is 14.6. The Balaban J connectivity index is 0.000000182. The van der Waals surface area contributed by atoms with Crippen molar-refractivity contribution < 1.29 is 83.2 Å². The second-order valence-corrected chi connectivity index (χ2v) is 36.0. The first-order valence-electron chi connectivity index (χ1n) is 40.9. The molecule has 702 valence electrons. The van der Waals surface area contributed by atoms with Crippen molar-refractivity contribution >= 4 is 92.7 Å². The third-order valence-electron chi connectivity index (χ3n) is 21.4. The summed E-state index contributed by atoms with van der Waals surface area (Å²) in [5.41, 5.74) is -6.68. The van der Waals surface area contributed by atoms with E-state index < -0.39 is 114 Å². The average Bonchev–Trinajstić information content (AvgIpc) is 1.55. The molecule has 0 aliphatic heterocycles. The molecule has 38 nitrogen and oxygen atoms in total. The smallest absolute Gasteiger partial charge is 0.333 e. The summed E-state index contributed by atoms with van der Waals surface area (Å²) in [5.74, 6) is -3.97. The van der Waals surface area contributed by atoms with Crippen molar-refractivity contribution in [3.05, 3.63) is 277 Å². The van der Waals surface area contributed by atoms with Crippen LogP contribution < -0.4 is 48.0 Å². The van der Waals surface area contributed by atoms with Crippen LogP contribution in [-0.4, -0.2) is 158 Å². The SMILES string of the molecule is COc1ccc(F)cc1[C@H](Cn1c(=O)n(C(C)(C)C(=O)O)c(=O)c2c(C)c(-n3nccn3)sc21)OCCC#N.COc1ccc(F)cc1[C@H](Cn1c(=O)n(C(C)(C)C(=O)OCc2ccccc2)c(=O)c2c(C)c(-n3nccn3)sc21)OCCC#N.COc1ccc(F)cc1[C@H](Cn1c(=O)n(C(C)(C)C(=O)OCc2ccccc2)c(=O)c2c(C)c(-n3nccn3)sc21)OCCOS(C)(=O)=O. The molecule has 45 heteroatoms. The van der Waals surface area contributed by atoms with E-state index in [1.54, 1.807) is 69.3 Å². The highest BCUT2D eigenvalue weighted by Gasteiger charge is 2.42. The van der Waals surface area contributed by atoms with E-state index in [2.05, 4.69) is 30.6 Å². The second kappa shape index (κ2) is 42.1. The Hall–Kier alpha value is -14.2. The summed E-state index contributed by atoms with van der Waals surface area (Å²) in [4.78, 5) is 129. The van der Waals surface area contributed by atoms with Crippen LogP contribution in [0.15, 0.2) is 181 Å². The Morgan fingerprint density at radius 1 is 0.448 bits per heavy atom. The molecule has 0 amide bonds. The Morgan fingerprint density at radius 3 is 1.01 bits per heavy atom. The van der Waals surface area contributed by atoms with Crippen molar-refractivity contribution in [2.24, 2.45) is 0 Å². The van der Waals surface area contributed by atoms with Crippen LogP contribution in [0.5, 0.6) is 17.2 Å². The number of rotatable bonds is 36. The lowest BCUT2D eigenvalue weighted by Gasteiger charge is -2.27. The van der Waals surface area contributed by atoms with Crippen molar-refractivity contribution in [1.29, 1.82) is 10.5 Å². The predicted molar refractivity (Wildman–Crippen MR) is 484 cm³/mol. The number of carboxylic acid groups (broad SMARTS) is 1. The molecule has 14 aromatic rings. The number of aliphatic carboxylic acids is 1. The van der Waals surface area contributed by atoms with Gasteiger partial charge in [-0.25, -0.2) is 55.6 Å². The lowest BCUT2D eigenvalue weighted by Crippen LogP contribution is -2.53. The molecule has 0 spiro atoms. The lowest BCUT2D eigenvalue weighted by molar-refractivity contribution is -0.155. The number of aryl methyl sites for hydroxylation is 3. The molecule has 9 aromatic heterocycles. The maximum atomic E-state index is 14.6. The largest absolute Gasteiger partial charge is 0.496 e. The van der Waals surface area contributed by atoms with Gasteiger partial charge in [-0.3, -0.25) is 32.3 Å². The Labute approximate surface area is 772 Å². The Kier molecular flexibility index (Phi) is 31.1. The first-order valence-corrected chi connectivity index (χ1v) is 45.2. The van der Waals surface area contributed by atoms with Crippen LogP contribution in [0.1, 0.15) is 117 Å². The van der Waals surface area contributed by atoms with E-state index in [0.29, 0.717) is 53.1 Å². The Bertz CT molecular complexity index is 7280. The number of carbonyl (C=O) groups excluding carboxylic acids is 2. The molecule has 134 heavy (non-hydrogen) atoms. The molecule has 0 fully saturated rings. The van der Waals surface area contributed by atoms with Gasteiger partial charge < -0.3 is 43.0 Å². The molecule has 0 radical (unpaired) electrons. The molecule has 0 bridgehead atoms. The number of esters is 2. The average molecular weight is 1920 g/mol. The lowest BCUT2D eigenvalue weighted by atomic mass is 10.0. The van der Waals surface area contributed by atoms with Crippen molar-refractivity contribution in [3.8, 4) is 44.4 Å². The van der Waals surface area contributed by atoms with Crippen LogP contribution >= 0.6 is 34.0 Å². The van der Waals surface area contributed by atoms with E-state index in [1.165, 1.54) is 183 Å². The summed E-state index contributed by atoms with van der Waals surface area (Å²) in [6, 6.07) is 33.4. The second-order valence-electron chi connectivity index (χ2n) is 31.4. The van der Waals surface area contributed by atoms with Crippen LogP contribution in [0.25, 0.3) is 45.7 Å². The van der Waals surface area contributed by atoms with Gasteiger partial charge in [-0.05, 0) is 128 Å². The Morgan fingerprint density at radius 2 is 0.739 bits per heavy atom. The molecule has 9 heterocycles. The fourth-order valence-corrected chi connectivity index (χ4v) is 18.6. The minimum atomic E-state index is -3.80. The number of nitriles is 2. The molecule has 0 aliphatic rings. The number of ether oxygens (including phenoxy) is 8. The van der Waals surface area contributed by atoms with Crippen LogP contribution in [0.3, 0.4) is 0 Å². The standard InChI is InChI=1S/C32H31FN6O6S.C32H34FN5O9S2.C25H25FN6O6S/c1-20-26-27(40)38(32(2,3)30(41)45-19-21-9-6-5-7-10-21)31(42)37(29(26)46-28(20)39-35-14-15-36-39)18-25(44-16-8-13-34)23-17-22(33)11-12-24(23)43-4;1-20-26-27(39)37(32(2,3)30(40)46-19-21-9-7-6-8-10-21)31(41)36(29(26)48-28(20)38-34-13-14-35-38)18-25(45-15-16-47-49(5,42)43)23-17-22(33)11-12-24(23)44-4;1-14-19-20(33)31(25(2,3)23(34)35)24(36)30(22(19)39-21(14)32-28-9-10-29-32)13-18(38-11-5-8-27)16-12-15(26)6-7-17(16)37-4/h5-7,9-12,14-15,17,25H,8,16,18-19H2,1-4H3;6-14,17,25H,15-16,18-19H2,1-5H3;6-7,9-10,12,18H,5,11,13H2,1-4H3,(H,34,35)/t2*25-;18-/m000/s1. The topological polar surface area (TPSA) is 460 Å². The number of carboxylic acids is 1. The predicted octanol–water partition coefficient (Wildman–Crippen LogP) is 10.6. The molecule has 14 rings (SSSR count). The van der Waals surface area contributed by atoms with Gasteiger partial charge in [0.25, 0.3) is 26.8 Å². The van der Waals surface area contributed by atoms with Crippen molar-refractivity contribution in [3.63, 3.8) is 0 Å². The molecular weight excluding hydrogens is 1830 g/mol. The number of carbonyl (C=O) groups is 3. The zero-order valence-corrected chi connectivity index (χ0v) is 77.7. The fraction of sp³-hybridized carbons (Fsp3) is 0.337. The number of hydrogen-bond donors (Lipinski definition) is 1. The highest BCUT2D eigenvalue weighted by atomic mass is 32.2. The van der Waals surface area contributed by atoms with Crippen LogP contribution in [0.2, 0.25) is 0 Å². The number of nitrogens with zero attached hydrogens (tertiary/aromatic N) is 17. The highest BCUT2D eigenvalue weighted by molar-refractivity contribution is 7.86. The third kappa shape index (κ3) is 21.1. The van der Waals surface area contributed by atoms with E-state index in [0.717, 1.165) is 55.0 Å². The monoisotopic (exact) mass is 1920 g/mol. The number of benzene rings is 5. The van der Waals surface area contributed by atoms with Gasteiger partial charge in [0.1, 0.15) is 112 Å². The van der Waals surface area contributed by atoms with Gasteiger partial charge in [0.05, 0.1) is 152 Å². The molecule has 0 saturated heterocycles. The van der Waals surface area contributed by atoms with Gasteiger partial charge in [-0.15, -0.1) is 14.4 Å². The van der Waals surface area contributed by atoms with E-state index >= 15 is 0 Å². The fourth-order valence-electron chi connectivity index (χ4n) is 14.5. The van der Waals surface area contributed by atoms with Gasteiger partial charge in [-0.1, -0.05) is 94.7 Å². The molecular formula is C89H90F3N17O21S4. The summed E-state index contributed by atoms with van der Waals surface area (Å²) in [7, 11) is 0.397. The van der Waals surface area contributed by atoms with Crippen molar-refractivity contribution in [2.75, 3.05) is 54.0 Å². The van der Waals surface area contributed by atoms with Gasteiger partial charge >= 0.3 is 35.0 Å². The zero-order valence-electron chi connectivity index (χ0n) is 74.4. The number of methoxy groups -OCH3 is 3. The van der Waals surface area contributed by atoms with E-state index in [-0.39, 0.29) is 125 Å². The van der Waals surface area contributed by atoms with E-state index in [9.17, 15) is 69.8 Å². The summed E-state index contributed by atoms with van der Waals surface area (Å²) in [5, 5.41) is 54.9. The van der Waals surface area contributed by atoms with E-state index in [1.807, 2.05) is 24.3 Å². The van der Waals surface area contributed by atoms with Gasteiger partial charge in [0.2, 0.25) is 0 Å². The number of halogens is 3. The molecule has 5 aromatic carbocycles. The summed E-state index contributed by atoms with van der Waals surface area (Å²) >= 11 is 3.24. The van der Waals surface area contributed by atoms with Crippen LogP contribution in [0.4, 0.5) is 13.2 Å². The van der Waals surface area contributed by atoms with Crippen LogP contribution in [-0.2, 0) is 102 Å². The maximum Gasteiger partial charge on any atom is 0.333 e. The summed E-state index contributed by atoms with van der Waals surface area (Å²) < 4.78 is 123. The molecule has 0 aliphatic carbocycles. The summed E-state index contributed by atoms with van der Waals surface area (Å²) in [6.07, 6.45) is 6.61. The number of fused-ring (bicyclic) bond motifs is 3. The first-order chi connectivity index (χ1) is 63.8. The van der Waals surface area contributed by atoms with Gasteiger partial charge in [0.15, 0.2) is 0 Å². The molecule has 3 atom stereocenters. The third-order valence-corrected chi connectivity index (χ3v) is 25.9. The van der Waals surface area contributed by atoms with Gasteiger partial charge in [-0.2, -0.15) is 49.5 Å². The minimum absolute atomic E-state index is 0.0250. The molecule has 0 unspecified atom stereocenters. The quantitative estimate of drug-likeness (QED) is 0.0216. The highest BCUT2D eigenvalue weighted by Crippen LogP contribution is 2.40. The van der Waals surface area contributed by atoms with Gasteiger partial charge in [0, 0.05) is 33.4 Å². The van der Waals surface area contributed by atoms with Crippen molar-refractivity contribution in [2.45, 2.75) is 143 Å². The summed E-state index contributed by atoms with van der Waals surface area (Å²) in [6.45, 7) is 11.6. The van der Waals surface area contributed by atoms with Crippen LogP contribution in [0, 0.1) is 60.9 Å². The molecule has 0 saturated carbocycles. The zero-order chi connectivity index (χ0) is 97.0. The molecule has 1 N–H and O–H groups in total. The number of hydrogen-bond acceptors (Lipinski definition) is 31. The first kappa shape index (κ1) is 98.8. The number of aromatic nitrogens is 15. The van der Waals surface area contributed by atoms with E-state index in [4.69, 9.17) is 52.6 Å².